The zero-order chi connectivity index (χ0) is 12.8. The van der Waals surface area contributed by atoms with Crippen LogP contribution in [0.3, 0.4) is 0 Å². The van der Waals surface area contributed by atoms with E-state index in [1.165, 1.54) is 6.92 Å². The lowest BCUT2D eigenvalue weighted by Crippen LogP contribution is -2.32. The Morgan fingerprint density at radius 3 is 2.24 bits per heavy atom. The summed E-state index contributed by atoms with van der Waals surface area (Å²) in [4.78, 5) is 34.9. The van der Waals surface area contributed by atoms with E-state index in [0.717, 1.165) is 0 Å². The molecule has 0 fully saturated rings. The normalized spacial score (nSPS) is 11.6. The van der Waals surface area contributed by atoms with E-state index >= 15 is 0 Å². The first-order chi connectivity index (χ1) is 8.07. The SMILES string of the molecule is CCOC(=O)[C@H](C(C)=O)C(=O)c1ccccc1. The van der Waals surface area contributed by atoms with E-state index in [9.17, 15) is 14.4 Å². The highest BCUT2D eigenvalue weighted by Crippen LogP contribution is 2.12. The fourth-order valence-electron chi connectivity index (χ4n) is 1.45. The van der Waals surface area contributed by atoms with Crippen molar-refractivity contribution in [1.29, 1.82) is 0 Å². The molecule has 1 rings (SSSR count). The summed E-state index contributed by atoms with van der Waals surface area (Å²) in [5.74, 6) is -3.15. The van der Waals surface area contributed by atoms with Crippen molar-refractivity contribution in [3.8, 4) is 0 Å². The predicted octanol–water partition coefficient (Wildman–Crippen LogP) is 1.64. The summed E-state index contributed by atoms with van der Waals surface area (Å²) in [5.41, 5.74) is 0.334. The number of carbonyl (C=O) groups is 3. The fraction of sp³-hybridized carbons (Fsp3) is 0.308. The van der Waals surface area contributed by atoms with Crippen LogP contribution in [-0.2, 0) is 14.3 Å². The molecule has 0 aromatic heterocycles. The van der Waals surface area contributed by atoms with E-state index in [-0.39, 0.29) is 6.61 Å². The van der Waals surface area contributed by atoms with Crippen molar-refractivity contribution >= 4 is 17.5 Å². The molecule has 0 heterocycles. The number of ketones is 2. The number of hydrogen-bond acceptors (Lipinski definition) is 4. The third-order valence-electron chi connectivity index (χ3n) is 2.25. The summed E-state index contributed by atoms with van der Waals surface area (Å²) < 4.78 is 4.73. The monoisotopic (exact) mass is 234 g/mol. The van der Waals surface area contributed by atoms with Crippen molar-refractivity contribution < 1.29 is 19.1 Å². The molecule has 0 aliphatic carbocycles. The highest BCUT2D eigenvalue weighted by molar-refractivity contribution is 6.21. The molecule has 1 aromatic rings. The number of Topliss-reactive ketones (excluding diaryl/α,β-unsaturated/α-hetero) is 2. The Labute approximate surface area is 99.6 Å². The summed E-state index contributed by atoms with van der Waals surface area (Å²) >= 11 is 0. The average molecular weight is 234 g/mol. The maximum atomic E-state index is 12.0. The molecule has 0 radical (unpaired) electrons. The zero-order valence-electron chi connectivity index (χ0n) is 9.80. The summed E-state index contributed by atoms with van der Waals surface area (Å²) in [6, 6.07) is 8.24. The summed E-state index contributed by atoms with van der Waals surface area (Å²) in [6.07, 6.45) is 0. The van der Waals surface area contributed by atoms with Crippen LogP contribution in [0.2, 0.25) is 0 Å². The molecule has 4 nitrogen and oxygen atoms in total. The molecule has 90 valence electrons. The van der Waals surface area contributed by atoms with Gasteiger partial charge < -0.3 is 4.74 Å². The van der Waals surface area contributed by atoms with Crippen LogP contribution in [0.4, 0.5) is 0 Å². The third kappa shape index (κ3) is 3.24. The molecule has 0 saturated carbocycles. The molecule has 0 unspecified atom stereocenters. The minimum Gasteiger partial charge on any atom is -0.465 e. The van der Waals surface area contributed by atoms with Crippen molar-refractivity contribution in [3.05, 3.63) is 35.9 Å². The van der Waals surface area contributed by atoms with Crippen molar-refractivity contribution in [3.63, 3.8) is 0 Å². The molecule has 0 N–H and O–H groups in total. The van der Waals surface area contributed by atoms with Gasteiger partial charge in [-0.15, -0.1) is 0 Å². The highest BCUT2D eigenvalue weighted by Gasteiger charge is 2.32. The van der Waals surface area contributed by atoms with Crippen LogP contribution >= 0.6 is 0 Å². The Kier molecular flexibility index (Phi) is 4.57. The van der Waals surface area contributed by atoms with E-state index in [4.69, 9.17) is 4.74 Å². The first-order valence-corrected chi connectivity index (χ1v) is 5.34. The number of carbonyl (C=O) groups excluding carboxylic acids is 3. The lowest BCUT2D eigenvalue weighted by atomic mass is 9.94. The Balaban J connectivity index is 2.97. The van der Waals surface area contributed by atoms with Gasteiger partial charge in [-0.2, -0.15) is 0 Å². The molecule has 17 heavy (non-hydrogen) atoms. The lowest BCUT2D eigenvalue weighted by Gasteiger charge is -2.11. The quantitative estimate of drug-likeness (QED) is 0.441. The van der Waals surface area contributed by atoms with Gasteiger partial charge in [0.25, 0.3) is 0 Å². The molecule has 0 amide bonds. The van der Waals surface area contributed by atoms with Gasteiger partial charge in [0.05, 0.1) is 6.61 Å². The summed E-state index contributed by atoms with van der Waals surface area (Å²) in [5, 5.41) is 0. The van der Waals surface area contributed by atoms with Gasteiger partial charge in [-0.1, -0.05) is 30.3 Å². The first-order valence-electron chi connectivity index (χ1n) is 5.34. The fourth-order valence-corrected chi connectivity index (χ4v) is 1.45. The Morgan fingerprint density at radius 1 is 1.18 bits per heavy atom. The average Bonchev–Trinajstić information content (AvgIpc) is 2.30. The van der Waals surface area contributed by atoms with Crippen molar-refractivity contribution in [2.45, 2.75) is 13.8 Å². The van der Waals surface area contributed by atoms with Gasteiger partial charge in [-0.3, -0.25) is 14.4 Å². The highest BCUT2D eigenvalue weighted by atomic mass is 16.5. The first kappa shape index (κ1) is 13.1. The topological polar surface area (TPSA) is 60.4 Å². The lowest BCUT2D eigenvalue weighted by molar-refractivity contribution is -0.148. The van der Waals surface area contributed by atoms with E-state index in [1.807, 2.05) is 0 Å². The maximum Gasteiger partial charge on any atom is 0.324 e. The van der Waals surface area contributed by atoms with E-state index < -0.39 is 23.5 Å². The van der Waals surface area contributed by atoms with Gasteiger partial charge >= 0.3 is 5.97 Å². The van der Waals surface area contributed by atoms with Gasteiger partial charge in [0.15, 0.2) is 17.5 Å². The second-order valence-corrected chi connectivity index (χ2v) is 3.53. The number of rotatable bonds is 5. The number of benzene rings is 1. The van der Waals surface area contributed by atoms with Crippen LogP contribution < -0.4 is 0 Å². The second kappa shape index (κ2) is 5.94. The maximum absolute atomic E-state index is 12.0. The smallest absolute Gasteiger partial charge is 0.324 e. The van der Waals surface area contributed by atoms with Crippen LogP contribution in [0.15, 0.2) is 30.3 Å². The molecule has 0 aliphatic rings. The molecular formula is C13H14O4. The molecule has 0 spiro atoms. The molecule has 0 bridgehead atoms. The van der Waals surface area contributed by atoms with Crippen LogP contribution in [0.25, 0.3) is 0 Å². The van der Waals surface area contributed by atoms with Gasteiger partial charge in [-0.25, -0.2) is 0 Å². The van der Waals surface area contributed by atoms with Gasteiger partial charge in [0, 0.05) is 5.56 Å². The summed E-state index contributed by atoms with van der Waals surface area (Å²) in [7, 11) is 0. The minimum absolute atomic E-state index is 0.144. The van der Waals surface area contributed by atoms with Crippen LogP contribution in [0, 0.1) is 5.92 Å². The number of hydrogen-bond donors (Lipinski definition) is 0. The largest absolute Gasteiger partial charge is 0.465 e. The Hall–Kier alpha value is -1.97. The molecule has 0 aliphatic heterocycles. The summed E-state index contributed by atoms with van der Waals surface area (Å²) in [6.45, 7) is 2.98. The third-order valence-corrected chi connectivity index (χ3v) is 2.25. The van der Waals surface area contributed by atoms with Gasteiger partial charge in [0.1, 0.15) is 0 Å². The van der Waals surface area contributed by atoms with E-state index in [0.29, 0.717) is 5.56 Å². The molecule has 1 aromatic carbocycles. The number of esters is 1. The standard InChI is InChI=1S/C13H14O4/c1-3-17-13(16)11(9(2)14)12(15)10-7-5-4-6-8-10/h4-8,11H,3H2,1-2H3/t11-/m1/s1. The van der Waals surface area contributed by atoms with Crippen molar-refractivity contribution in [2.75, 3.05) is 6.61 Å². The predicted molar refractivity (Wildman–Crippen MR) is 61.6 cm³/mol. The van der Waals surface area contributed by atoms with Gasteiger partial charge in [-0.05, 0) is 13.8 Å². The van der Waals surface area contributed by atoms with Crippen molar-refractivity contribution in [1.82, 2.24) is 0 Å². The van der Waals surface area contributed by atoms with Crippen LogP contribution in [-0.4, -0.2) is 24.1 Å². The van der Waals surface area contributed by atoms with Crippen LogP contribution in [0.5, 0.6) is 0 Å². The Bertz CT molecular complexity index is 422. The molecule has 0 saturated heterocycles. The van der Waals surface area contributed by atoms with E-state index in [1.54, 1.807) is 37.3 Å². The van der Waals surface area contributed by atoms with Crippen molar-refractivity contribution in [2.24, 2.45) is 5.92 Å². The second-order valence-electron chi connectivity index (χ2n) is 3.53. The van der Waals surface area contributed by atoms with Gasteiger partial charge in [0.2, 0.25) is 0 Å². The molecule has 1 atom stereocenters. The molecule has 4 heteroatoms. The molecular weight excluding hydrogens is 220 g/mol. The van der Waals surface area contributed by atoms with E-state index in [2.05, 4.69) is 0 Å². The zero-order valence-corrected chi connectivity index (χ0v) is 9.80. The number of ether oxygens (including phenoxy) is 1. The van der Waals surface area contributed by atoms with Crippen LogP contribution in [0.1, 0.15) is 24.2 Å². The minimum atomic E-state index is -1.35. The Morgan fingerprint density at radius 2 is 1.76 bits per heavy atom.